The smallest absolute Gasteiger partial charge is 0.343 e. The van der Waals surface area contributed by atoms with E-state index in [-0.39, 0.29) is 23.8 Å². The maximum atomic E-state index is 14.0. The third kappa shape index (κ3) is 5.67. The van der Waals surface area contributed by atoms with Gasteiger partial charge in [-0.05, 0) is 62.1 Å². The lowest BCUT2D eigenvalue weighted by Crippen LogP contribution is -2.39. The summed E-state index contributed by atoms with van der Waals surface area (Å²) in [5.41, 5.74) is 4.06. The normalized spacial score (nSPS) is 17.6. The van der Waals surface area contributed by atoms with Gasteiger partial charge in [-0.1, -0.05) is 12.1 Å². The monoisotopic (exact) mass is 570 g/mol. The Bertz CT molecular complexity index is 1540. The molecule has 41 heavy (non-hydrogen) atoms. The van der Waals surface area contributed by atoms with Gasteiger partial charge in [0.05, 0.1) is 18.8 Å². The van der Waals surface area contributed by atoms with Crippen LogP contribution in [0, 0.1) is 30.2 Å². The number of halogens is 4. The van der Waals surface area contributed by atoms with Crippen molar-refractivity contribution in [2.45, 2.75) is 45.4 Å². The second-order valence-corrected chi connectivity index (χ2v) is 10.0. The number of hydrogen-bond acceptors (Lipinski definition) is 5. The fourth-order valence-electron chi connectivity index (χ4n) is 5.52. The molecule has 1 N–H and O–H groups in total. The molecule has 10 heteroatoms. The van der Waals surface area contributed by atoms with Crippen molar-refractivity contribution in [3.63, 3.8) is 0 Å². The first-order valence-corrected chi connectivity index (χ1v) is 13.4. The number of likely N-dealkylation sites (tertiary alicyclic amines) is 1. The van der Waals surface area contributed by atoms with Crippen molar-refractivity contribution < 1.29 is 36.6 Å². The van der Waals surface area contributed by atoms with E-state index in [0.29, 0.717) is 19.6 Å². The number of H-pyrrole nitrogens is 1. The van der Waals surface area contributed by atoms with E-state index in [1.54, 1.807) is 19.2 Å². The van der Waals surface area contributed by atoms with Gasteiger partial charge in [-0.2, -0.15) is 8.78 Å². The largest absolute Gasteiger partial charge is 0.496 e. The van der Waals surface area contributed by atoms with Crippen LogP contribution in [0.1, 0.15) is 52.9 Å². The zero-order chi connectivity index (χ0) is 29.3. The molecule has 0 saturated carbocycles. The number of piperidine rings is 1. The molecule has 3 aromatic carbocycles. The Morgan fingerprint density at radius 2 is 1.76 bits per heavy atom. The summed E-state index contributed by atoms with van der Waals surface area (Å²) in [6.45, 7) is 5.94. The van der Waals surface area contributed by atoms with Gasteiger partial charge < -0.3 is 19.2 Å². The standard InChI is InChI=1S/C31H30F4N2O4/c1-4-40-20-10-12-37(16-22-21-9-11-36-29(21)17(2)13-26(22)39-3)25(14-20)18-5-7-19(8-6-18)31(38)41-30-27(34)23(32)15-24(33)28(30)35/h5-9,11,13,15,20,25,36H,4,10,12,14,16H2,1-3H3/t20-,25?/m0/s1. The number of hydrogen-bond donors (Lipinski definition) is 1. The molecule has 0 spiro atoms. The number of carbonyl (C=O) groups excluding carboxylic acids is 1. The molecule has 0 amide bonds. The van der Waals surface area contributed by atoms with E-state index in [4.69, 9.17) is 14.2 Å². The number of methoxy groups -OCH3 is 1. The second-order valence-electron chi connectivity index (χ2n) is 10.0. The molecule has 1 unspecified atom stereocenters. The maximum absolute atomic E-state index is 14.0. The Kier molecular flexibility index (Phi) is 8.32. The van der Waals surface area contributed by atoms with Gasteiger partial charge in [0, 0.05) is 54.5 Å². The molecule has 2 heterocycles. The topological polar surface area (TPSA) is 63.8 Å². The van der Waals surface area contributed by atoms with Crippen molar-refractivity contribution in [2.24, 2.45) is 0 Å². The van der Waals surface area contributed by atoms with Crippen LogP contribution in [0.3, 0.4) is 0 Å². The molecule has 1 fully saturated rings. The molecule has 2 atom stereocenters. The number of nitrogens with one attached hydrogen (secondary N) is 1. The summed E-state index contributed by atoms with van der Waals surface area (Å²) in [5, 5.41) is 1.08. The molecule has 5 rings (SSSR count). The molecule has 1 saturated heterocycles. The Morgan fingerprint density at radius 3 is 2.41 bits per heavy atom. The highest BCUT2D eigenvalue weighted by atomic mass is 19.2. The number of aromatic amines is 1. The van der Waals surface area contributed by atoms with Crippen LogP contribution < -0.4 is 9.47 Å². The summed E-state index contributed by atoms with van der Waals surface area (Å²) in [7, 11) is 1.66. The molecule has 216 valence electrons. The van der Waals surface area contributed by atoms with Crippen LogP contribution in [-0.4, -0.2) is 42.2 Å². The Hall–Kier alpha value is -3.89. The van der Waals surface area contributed by atoms with Crippen LogP contribution in [-0.2, 0) is 11.3 Å². The lowest BCUT2D eigenvalue weighted by molar-refractivity contribution is -0.0138. The van der Waals surface area contributed by atoms with Gasteiger partial charge in [-0.25, -0.2) is 13.6 Å². The van der Waals surface area contributed by atoms with Crippen molar-refractivity contribution in [1.82, 2.24) is 9.88 Å². The van der Waals surface area contributed by atoms with E-state index in [1.807, 2.05) is 32.2 Å². The van der Waals surface area contributed by atoms with Crippen LogP contribution in [0.15, 0.2) is 48.7 Å². The summed E-state index contributed by atoms with van der Waals surface area (Å²) in [5.74, 6) is -8.65. The fourth-order valence-corrected chi connectivity index (χ4v) is 5.52. The summed E-state index contributed by atoms with van der Waals surface area (Å²) in [6, 6.07) is 10.4. The average Bonchev–Trinajstić information content (AvgIpc) is 3.47. The highest BCUT2D eigenvalue weighted by Gasteiger charge is 2.32. The fraction of sp³-hybridized carbons (Fsp3) is 0.323. The zero-order valence-electron chi connectivity index (χ0n) is 22.9. The van der Waals surface area contributed by atoms with E-state index in [1.165, 1.54) is 12.1 Å². The van der Waals surface area contributed by atoms with Gasteiger partial charge in [0.2, 0.25) is 17.4 Å². The van der Waals surface area contributed by atoms with Gasteiger partial charge in [-0.15, -0.1) is 0 Å². The zero-order valence-corrected chi connectivity index (χ0v) is 22.9. The van der Waals surface area contributed by atoms with Crippen molar-refractivity contribution in [3.05, 3.63) is 94.2 Å². The molecule has 0 radical (unpaired) electrons. The molecular formula is C31H30F4N2O4. The molecule has 1 aliphatic rings. The number of aryl methyl sites for hydroxylation is 1. The summed E-state index contributed by atoms with van der Waals surface area (Å²) in [4.78, 5) is 18.3. The van der Waals surface area contributed by atoms with Crippen molar-refractivity contribution in [3.8, 4) is 11.5 Å². The Labute approximate surface area is 234 Å². The Balaban J connectivity index is 1.42. The molecule has 1 aromatic heterocycles. The van der Waals surface area contributed by atoms with Gasteiger partial charge in [0.25, 0.3) is 0 Å². The predicted molar refractivity (Wildman–Crippen MR) is 145 cm³/mol. The van der Waals surface area contributed by atoms with E-state index in [2.05, 4.69) is 9.88 Å². The first kappa shape index (κ1) is 28.6. The van der Waals surface area contributed by atoms with Crippen LogP contribution in [0.5, 0.6) is 11.5 Å². The number of esters is 1. The third-order valence-electron chi connectivity index (χ3n) is 7.56. The van der Waals surface area contributed by atoms with E-state index < -0.39 is 35.0 Å². The lowest BCUT2D eigenvalue weighted by atomic mass is 9.91. The first-order valence-electron chi connectivity index (χ1n) is 13.4. The first-order chi connectivity index (χ1) is 19.7. The number of rotatable bonds is 8. The van der Waals surface area contributed by atoms with Gasteiger partial charge >= 0.3 is 5.97 Å². The molecule has 0 aliphatic carbocycles. The van der Waals surface area contributed by atoms with Crippen molar-refractivity contribution in [2.75, 3.05) is 20.3 Å². The number of benzene rings is 3. The highest BCUT2D eigenvalue weighted by Crippen LogP contribution is 2.38. The van der Waals surface area contributed by atoms with Crippen LogP contribution in [0.4, 0.5) is 17.6 Å². The maximum Gasteiger partial charge on any atom is 0.343 e. The van der Waals surface area contributed by atoms with E-state index in [9.17, 15) is 22.4 Å². The van der Waals surface area contributed by atoms with Gasteiger partial charge in [0.15, 0.2) is 11.6 Å². The second kappa shape index (κ2) is 11.9. The molecule has 0 bridgehead atoms. The summed E-state index contributed by atoms with van der Waals surface area (Å²) >= 11 is 0. The lowest BCUT2D eigenvalue weighted by Gasteiger charge is -2.40. The van der Waals surface area contributed by atoms with Crippen LogP contribution in [0.25, 0.3) is 10.9 Å². The quantitative estimate of drug-likeness (QED) is 0.107. The predicted octanol–water partition coefficient (Wildman–Crippen LogP) is 7.00. The average molecular weight is 571 g/mol. The number of carbonyl (C=O) groups is 1. The molecule has 1 aliphatic heterocycles. The number of fused-ring (bicyclic) bond motifs is 1. The van der Waals surface area contributed by atoms with Gasteiger partial charge in [0.1, 0.15) is 5.75 Å². The number of ether oxygens (including phenoxy) is 3. The number of aromatic nitrogens is 1. The number of nitrogens with zero attached hydrogens (tertiary/aromatic N) is 1. The molecule has 4 aromatic rings. The van der Waals surface area contributed by atoms with Crippen LogP contribution in [0.2, 0.25) is 0 Å². The highest BCUT2D eigenvalue weighted by molar-refractivity contribution is 5.91. The third-order valence-corrected chi connectivity index (χ3v) is 7.56. The minimum Gasteiger partial charge on any atom is -0.496 e. The summed E-state index contributed by atoms with van der Waals surface area (Å²) < 4.78 is 71.5. The van der Waals surface area contributed by atoms with Crippen molar-refractivity contribution in [1.29, 1.82) is 0 Å². The SMILES string of the molecule is CCO[C@H]1CCN(Cc2c(OC)cc(C)c3[nH]ccc23)C(c2ccc(C(=O)Oc3c(F)c(F)cc(F)c3F)cc2)C1. The molecule has 6 nitrogen and oxygen atoms in total. The Morgan fingerprint density at radius 1 is 1.05 bits per heavy atom. The minimum absolute atomic E-state index is 0.0322. The minimum atomic E-state index is -1.78. The van der Waals surface area contributed by atoms with Crippen LogP contribution >= 0.6 is 0 Å². The van der Waals surface area contributed by atoms with E-state index in [0.717, 1.165) is 46.3 Å². The van der Waals surface area contributed by atoms with Gasteiger partial charge in [-0.3, -0.25) is 4.90 Å². The summed E-state index contributed by atoms with van der Waals surface area (Å²) in [6.07, 6.45) is 3.52. The van der Waals surface area contributed by atoms with E-state index >= 15 is 0 Å². The van der Waals surface area contributed by atoms with Crippen molar-refractivity contribution >= 4 is 16.9 Å². The molecular weight excluding hydrogens is 540 g/mol.